The maximum Gasteiger partial charge on any atom is 0.306 e. The molecule has 0 saturated heterocycles. The highest BCUT2D eigenvalue weighted by Crippen LogP contribution is 2.14. The van der Waals surface area contributed by atoms with Crippen LogP contribution in [0.15, 0.2) is 109 Å². The summed E-state index contributed by atoms with van der Waals surface area (Å²) in [5.41, 5.74) is 0. The van der Waals surface area contributed by atoms with E-state index in [-0.39, 0.29) is 37.5 Å². The molecule has 6 nitrogen and oxygen atoms in total. The van der Waals surface area contributed by atoms with Gasteiger partial charge in [-0.25, -0.2) is 0 Å². The lowest BCUT2D eigenvalue weighted by atomic mass is 10.0. The van der Waals surface area contributed by atoms with Gasteiger partial charge < -0.3 is 14.2 Å². The minimum absolute atomic E-state index is 0.117. The molecule has 0 fully saturated rings. The monoisotopic (exact) mass is 957 g/mol. The highest BCUT2D eigenvalue weighted by atomic mass is 16.6. The maximum absolute atomic E-state index is 12.8. The van der Waals surface area contributed by atoms with Crippen LogP contribution in [-0.4, -0.2) is 37.2 Å². The summed E-state index contributed by atoms with van der Waals surface area (Å²) < 4.78 is 16.8. The van der Waals surface area contributed by atoms with Crippen LogP contribution in [0.2, 0.25) is 0 Å². The fourth-order valence-electron chi connectivity index (χ4n) is 7.47. The van der Waals surface area contributed by atoms with Gasteiger partial charge in [0.15, 0.2) is 6.10 Å². The maximum atomic E-state index is 12.8. The fraction of sp³-hybridized carbons (Fsp3) is 0.667. The van der Waals surface area contributed by atoms with Crippen molar-refractivity contribution in [2.45, 2.75) is 258 Å². The highest BCUT2D eigenvalue weighted by molar-refractivity contribution is 5.71. The Labute approximate surface area is 425 Å². The molecule has 0 rings (SSSR count). The van der Waals surface area contributed by atoms with E-state index in [4.69, 9.17) is 14.2 Å². The van der Waals surface area contributed by atoms with Crippen molar-refractivity contribution in [3.05, 3.63) is 109 Å². The van der Waals surface area contributed by atoms with Crippen molar-refractivity contribution >= 4 is 17.9 Å². The van der Waals surface area contributed by atoms with Crippen LogP contribution in [0, 0.1) is 0 Å². The van der Waals surface area contributed by atoms with Crippen LogP contribution in [0.3, 0.4) is 0 Å². The minimum atomic E-state index is -0.821. The third-order valence-electron chi connectivity index (χ3n) is 11.8. The molecule has 0 N–H and O–H groups in total. The summed E-state index contributed by atoms with van der Waals surface area (Å²) in [4.78, 5) is 38.1. The number of unbranched alkanes of at least 4 members (excludes halogenated alkanes) is 21. The van der Waals surface area contributed by atoms with Crippen LogP contribution in [-0.2, 0) is 28.6 Å². The van der Waals surface area contributed by atoms with E-state index in [9.17, 15) is 14.4 Å². The molecule has 6 heteroatoms. The molecular formula is C63H104O6. The molecule has 0 aromatic rings. The Balaban J connectivity index is 4.54. The topological polar surface area (TPSA) is 78.9 Å². The first-order valence-corrected chi connectivity index (χ1v) is 28.4. The lowest BCUT2D eigenvalue weighted by Crippen LogP contribution is -2.30. The predicted molar refractivity (Wildman–Crippen MR) is 297 cm³/mol. The largest absolute Gasteiger partial charge is 0.462 e. The molecule has 0 aliphatic heterocycles. The normalized spacial score (nSPS) is 12.9. The zero-order valence-corrected chi connectivity index (χ0v) is 44.8. The number of hydrogen-bond donors (Lipinski definition) is 0. The van der Waals surface area contributed by atoms with Crippen molar-refractivity contribution in [2.75, 3.05) is 13.2 Å². The van der Waals surface area contributed by atoms with E-state index >= 15 is 0 Å². The average Bonchev–Trinajstić information content (AvgIpc) is 3.35. The predicted octanol–water partition coefficient (Wildman–Crippen LogP) is 19.1. The molecule has 1 atom stereocenters. The fourth-order valence-corrected chi connectivity index (χ4v) is 7.47. The Morgan fingerprint density at radius 3 is 0.928 bits per heavy atom. The van der Waals surface area contributed by atoms with Gasteiger partial charge in [0.2, 0.25) is 0 Å². The summed E-state index contributed by atoms with van der Waals surface area (Å²) >= 11 is 0. The molecule has 0 aromatic carbocycles. The summed E-state index contributed by atoms with van der Waals surface area (Å²) in [5, 5.41) is 0. The van der Waals surface area contributed by atoms with Crippen molar-refractivity contribution in [2.24, 2.45) is 0 Å². The number of carbonyl (C=O) groups is 3. The second-order valence-electron chi connectivity index (χ2n) is 18.5. The molecule has 0 bridgehead atoms. The number of ether oxygens (including phenoxy) is 3. The molecule has 0 aliphatic rings. The molecule has 0 aliphatic carbocycles. The first-order chi connectivity index (χ1) is 34.0. The summed E-state index contributed by atoms with van der Waals surface area (Å²) in [5.74, 6) is -1.03. The lowest BCUT2D eigenvalue weighted by molar-refractivity contribution is -0.166. The summed E-state index contributed by atoms with van der Waals surface area (Å²) in [6, 6.07) is 0. The van der Waals surface area contributed by atoms with Crippen LogP contribution in [0.1, 0.15) is 252 Å². The Kier molecular flexibility index (Phi) is 53.4. The van der Waals surface area contributed by atoms with E-state index in [1.54, 1.807) is 0 Å². The number of hydrogen-bond acceptors (Lipinski definition) is 6. The zero-order valence-electron chi connectivity index (χ0n) is 44.8. The Morgan fingerprint density at radius 1 is 0.290 bits per heavy atom. The molecule has 69 heavy (non-hydrogen) atoms. The number of carbonyl (C=O) groups excluding carboxylic acids is 3. The zero-order chi connectivity index (χ0) is 50.0. The van der Waals surface area contributed by atoms with Crippen molar-refractivity contribution in [3.8, 4) is 0 Å². The van der Waals surface area contributed by atoms with E-state index < -0.39 is 6.10 Å². The molecule has 0 amide bonds. The van der Waals surface area contributed by atoms with Gasteiger partial charge in [0.1, 0.15) is 13.2 Å². The molecule has 0 unspecified atom stereocenters. The van der Waals surface area contributed by atoms with Gasteiger partial charge in [-0.1, -0.05) is 239 Å². The second-order valence-corrected chi connectivity index (χ2v) is 18.5. The smallest absolute Gasteiger partial charge is 0.306 e. The van der Waals surface area contributed by atoms with Gasteiger partial charge in [-0.3, -0.25) is 14.4 Å². The van der Waals surface area contributed by atoms with Gasteiger partial charge >= 0.3 is 17.9 Å². The second kappa shape index (κ2) is 56.7. The van der Waals surface area contributed by atoms with E-state index in [1.165, 1.54) is 116 Å². The molecule has 0 aromatic heterocycles. The number of esters is 3. The number of allylic oxidation sites excluding steroid dienone is 18. The lowest BCUT2D eigenvalue weighted by Gasteiger charge is -2.18. The minimum Gasteiger partial charge on any atom is -0.462 e. The Hall–Kier alpha value is -3.93. The third kappa shape index (κ3) is 54.9. The van der Waals surface area contributed by atoms with Gasteiger partial charge in [-0.15, -0.1) is 0 Å². The highest BCUT2D eigenvalue weighted by Gasteiger charge is 2.19. The summed E-state index contributed by atoms with van der Waals surface area (Å²) in [6.45, 7) is 6.49. The molecular weight excluding hydrogens is 853 g/mol. The van der Waals surface area contributed by atoms with E-state index in [0.717, 1.165) is 89.9 Å². The van der Waals surface area contributed by atoms with Crippen LogP contribution in [0.25, 0.3) is 0 Å². The molecule has 0 heterocycles. The summed E-state index contributed by atoms with van der Waals surface area (Å²) in [7, 11) is 0. The van der Waals surface area contributed by atoms with Crippen LogP contribution >= 0.6 is 0 Å². The average molecular weight is 958 g/mol. The van der Waals surface area contributed by atoms with Gasteiger partial charge in [0.25, 0.3) is 0 Å². The van der Waals surface area contributed by atoms with Crippen molar-refractivity contribution < 1.29 is 28.6 Å². The van der Waals surface area contributed by atoms with Crippen LogP contribution < -0.4 is 0 Å². The van der Waals surface area contributed by atoms with Gasteiger partial charge in [-0.2, -0.15) is 0 Å². The summed E-state index contributed by atoms with van der Waals surface area (Å²) in [6.07, 6.45) is 76.5. The van der Waals surface area contributed by atoms with Gasteiger partial charge in [-0.05, 0) is 103 Å². The Bertz CT molecular complexity index is 1420. The first kappa shape index (κ1) is 65.1. The molecule has 392 valence electrons. The third-order valence-corrected chi connectivity index (χ3v) is 11.8. The van der Waals surface area contributed by atoms with Crippen molar-refractivity contribution in [1.29, 1.82) is 0 Å². The van der Waals surface area contributed by atoms with E-state index in [0.29, 0.717) is 19.3 Å². The van der Waals surface area contributed by atoms with Crippen molar-refractivity contribution in [3.63, 3.8) is 0 Å². The van der Waals surface area contributed by atoms with Gasteiger partial charge in [0, 0.05) is 19.3 Å². The van der Waals surface area contributed by atoms with Gasteiger partial charge in [0.05, 0.1) is 0 Å². The first-order valence-electron chi connectivity index (χ1n) is 28.4. The van der Waals surface area contributed by atoms with E-state index in [2.05, 4.69) is 124 Å². The molecule has 0 saturated carbocycles. The standard InChI is InChI=1S/C63H104O6/c1-4-7-10-13-16-19-22-25-27-29-31-33-35-38-40-43-46-49-52-55-61(64)67-58-60(69-63(66)57-54-51-48-45-42-37-24-21-18-15-12-9-6-3)59-68-62(65)56-53-50-47-44-41-39-36-34-32-30-28-26-23-20-17-14-11-8-5-2/h16-17,19-20,25-28,31-34,38-41,46,49,60H,4-15,18,21-24,29-30,35-37,42-45,47-48,50-59H2,1-3H3/b19-16-,20-17-,27-25-,28-26-,33-31-,34-32-,40-38-,41-39-,49-46-/t60-/m1/s1. The van der Waals surface area contributed by atoms with Crippen LogP contribution in [0.5, 0.6) is 0 Å². The molecule has 0 spiro atoms. The number of rotatable bonds is 50. The Morgan fingerprint density at radius 2 is 0.551 bits per heavy atom. The van der Waals surface area contributed by atoms with Crippen LogP contribution in [0.4, 0.5) is 0 Å². The SMILES string of the molecule is CCCCC/C=C\C/C=C\C/C=C\C/C=C\C/C=C\CCC(=O)OC[C@H](COC(=O)CCCCC/C=C\C/C=C\C/C=C\C/C=C\CCCCC)OC(=O)CCCCCCCCCCCCCCC. The molecule has 0 radical (unpaired) electrons. The quantitative estimate of drug-likeness (QED) is 0.0262. The van der Waals surface area contributed by atoms with E-state index in [1.807, 2.05) is 6.08 Å². The van der Waals surface area contributed by atoms with Crippen molar-refractivity contribution in [1.82, 2.24) is 0 Å².